The van der Waals surface area contributed by atoms with E-state index in [0.717, 1.165) is 23.3 Å². The highest BCUT2D eigenvalue weighted by atomic mass is 35.5. The summed E-state index contributed by atoms with van der Waals surface area (Å²) in [5.74, 6) is 1.16. The number of benzene rings is 1. The van der Waals surface area contributed by atoms with Crippen molar-refractivity contribution >= 4 is 22.6 Å². The SMILES string of the molecule is CCC(COC)n1c(CCl)nc2ccc(C#N)cc21. The fraction of sp³-hybridized carbons (Fsp3) is 0.429. The molecule has 0 aliphatic heterocycles. The Labute approximate surface area is 117 Å². The largest absolute Gasteiger partial charge is 0.383 e. The van der Waals surface area contributed by atoms with Crippen molar-refractivity contribution in [3.63, 3.8) is 0 Å². The van der Waals surface area contributed by atoms with E-state index in [1.54, 1.807) is 13.2 Å². The van der Waals surface area contributed by atoms with Crippen LogP contribution in [-0.2, 0) is 10.6 Å². The Hall–Kier alpha value is -1.57. The lowest BCUT2D eigenvalue weighted by atomic mass is 10.2. The van der Waals surface area contributed by atoms with E-state index < -0.39 is 0 Å². The first-order chi connectivity index (χ1) is 9.24. The molecule has 2 rings (SSSR count). The van der Waals surface area contributed by atoms with Crippen molar-refractivity contribution in [1.29, 1.82) is 5.26 Å². The van der Waals surface area contributed by atoms with Gasteiger partial charge in [0.05, 0.1) is 41.2 Å². The van der Waals surface area contributed by atoms with Crippen LogP contribution in [0, 0.1) is 11.3 Å². The number of methoxy groups -OCH3 is 1. The van der Waals surface area contributed by atoms with Crippen molar-refractivity contribution in [3.05, 3.63) is 29.6 Å². The van der Waals surface area contributed by atoms with E-state index in [2.05, 4.69) is 22.5 Å². The van der Waals surface area contributed by atoms with Crippen molar-refractivity contribution in [3.8, 4) is 6.07 Å². The van der Waals surface area contributed by atoms with Gasteiger partial charge in [0, 0.05) is 7.11 Å². The lowest BCUT2D eigenvalue weighted by Crippen LogP contribution is -2.16. The van der Waals surface area contributed by atoms with Crippen molar-refractivity contribution in [2.24, 2.45) is 0 Å². The Morgan fingerprint density at radius 1 is 1.53 bits per heavy atom. The number of nitriles is 1. The number of ether oxygens (including phenoxy) is 1. The zero-order valence-electron chi connectivity index (χ0n) is 11.1. The summed E-state index contributed by atoms with van der Waals surface area (Å²) in [6.07, 6.45) is 0.917. The molecule has 100 valence electrons. The molecule has 0 radical (unpaired) electrons. The van der Waals surface area contributed by atoms with Gasteiger partial charge < -0.3 is 9.30 Å². The van der Waals surface area contributed by atoms with Gasteiger partial charge in [-0.15, -0.1) is 11.6 Å². The van der Waals surface area contributed by atoms with E-state index in [1.807, 2.05) is 12.1 Å². The predicted molar refractivity (Wildman–Crippen MR) is 75.2 cm³/mol. The highest BCUT2D eigenvalue weighted by molar-refractivity contribution is 6.16. The molecule has 0 aliphatic rings. The Kier molecular flexibility index (Phi) is 4.41. The number of hydrogen-bond acceptors (Lipinski definition) is 3. The van der Waals surface area contributed by atoms with Crippen LogP contribution in [0.1, 0.15) is 30.8 Å². The van der Waals surface area contributed by atoms with E-state index in [9.17, 15) is 0 Å². The van der Waals surface area contributed by atoms with Gasteiger partial charge in [-0.2, -0.15) is 5.26 Å². The average molecular weight is 278 g/mol. The molecule has 0 aliphatic carbocycles. The van der Waals surface area contributed by atoms with Gasteiger partial charge in [0.15, 0.2) is 0 Å². The zero-order valence-corrected chi connectivity index (χ0v) is 11.8. The maximum atomic E-state index is 9.02. The van der Waals surface area contributed by atoms with Gasteiger partial charge in [-0.05, 0) is 24.6 Å². The molecule has 0 fully saturated rings. The second-order valence-corrected chi connectivity index (χ2v) is 4.63. The molecule has 1 atom stereocenters. The highest BCUT2D eigenvalue weighted by Crippen LogP contribution is 2.25. The molecule has 5 heteroatoms. The van der Waals surface area contributed by atoms with Crippen molar-refractivity contribution in [1.82, 2.24) is 9.55 Å². The van der Waals surface area contributed by atoms with Crippen LogP contribution in [0.25, 0.3) is 11.0 Å². The molecule has 0 spiro atoms. The summed E-state index contributed by atoms with van der Waals surface area (Å²) in [6, 6.07) is 7.83. The van der Waals surface area contributed by atoms with Gasteiger partial charge in [-0.1, -0.05) is 6.92 Å². The number of fused-ring (bicyclic) bond motifs is 1. The third-order valence-electron chi connectivity index (χ3n) is 3.21. The first-order valence-corrected chi connectivity index (χ1v) is 6.74. The van der Waals surface area contributed by atoms with Crippen LogP contribution in [0.4, 0.5) is 0 Å². The van der Waals surface area contributed by atoms with Crippen LogP contribution in [-0.4, -0.2) is 23.3 Å². The zero-order chi connectivity index (χ0) is 13.8. The summed E-state index contributed by atoms with van der Waals surface area (Å²) in [7, 11) is 1.68. The predicted octanol–water partition coefficient (Wildman–Crippen LogP) is 3.24. The smallest absolute Gasteiger partial charge is 0.125 e. The quantitative estimate of drug-likeness (QED) is 0.788. The van der Waals surface area contributed by atoms with Gasteiger partial charge in [-0.3, -0.25) is 0 Å². The third kappa shape index (κ3) is 2.58. The maximum Gasteiger partial charge on any atom is 0.125 e. The lowest BCUT2D eigenvalue weighted by molar-refractivity contribution is 0.154. The monoisotopic (exact) mass is 277 g/mol. The summed E-state index contributed by atoms with van der Waals surface area (Å²) in [6.45, 7) is 2.70. The third-order valence-corrected chi connectivity index (χ3v) is 3.45. The Morgan fingerprint density at radius 2 is 2.32 bits per heavy atom. The van der Waals surface area contributed by atoms with E-state index >= 15 is 0 Å². The highest BCUT2D eigenvalue weighted by Gasteiger charge is 2.17. The summed E-state index contributed by atoms with van der Waals surface area (Å²) >= 11 is 5.99. The summed E-state index contributed by atoms with van der Waals surface area (Å²) < 4.78 is 7.36. The number of halogens is 1. The summed E-state index contributed by atoms with van der Waals surface area (Å²) in [4.78, 5) is 4.52. The van der Waals surface area contributed by atoms with Gasteiger partial charge in [0.25, 0.3) is 0 Å². The minimum atomic E-state index is 0.178. The van der Waals surface area contributed by atoms with Crippen LogP contribution in [0.2, 0.25) is 0 Å². The summed E-state index contributed by atoms with van der Waals surface area (Å²) in [5, 5.41) is 9.02. The fourth-order valence-corrected chi connectivity index (χ4v) is 2.47. The molecule has 0 N–H and O–H groups in total. The van der Waals surface area contributed by atoms with Gasteiger partial charge in [0.2, 0.25) is 0 Å². The Bertz CT molecular complexity index is 615. The lowest BCUT2D eigenvalue weighted by Gasteiger charge is -2.19. The second kappa shape index (κ2) is 6.05. The van der Waals surface area contributed by atoms with Crippen LogP contribution in [0.3, 0.4) is 0 Å². The molecule has 19 heavy (non-hydrogen) atoms. The van der Waals surface area contributed by atoms with Gasteiger partial charge in [-0.25, -0.2) is 4.98 Å². The van der Waals surface area contributed by atoms with Gasteiger partial charge >= 0.3 is 0 Å². The number of nitrogens with zero attached hydrogens (tertiary/aromatic N) is 3. The Morgan fingerprint density at radius 3 is 2.89 bits per heavy atom. The molecule has 0 bridgehead atoms. The minimum Gasteiger partial charge on any atom is -0.383 e. The number of rotatable bonds is 5. The topological polar surface area (TPSA) is 50.8 Å². The van der Waals surface area contributed by atoms with Crippen LogP contribution in [0.15, 0.2) is 18.2 Å². The number of aromatic nitrogens is 2. The van der Waals surface area contributed by atoms with Crippen molar-refractivity contribution in [2.75, 3.05) is 13.7 Å². The number of alkyl halides is 1. The second-order valence-electron chi connectivity index (χ2n) is 4.36. The standard InChI is InChI=1S/C14H16ClN3O/c1-3-11(9-19-2)18-13-6-10(8-16)4-5-12(13)17-14(18)7-15/h4-6,11H,3,7,9H2,1-2H3. The average Bonchev–Trinajstić information content (AvgIpc) is 2.82. The Balaban J connectivity index is 2.64. The van der Waals surface area contributed by atoms with E-state index in [4.69, 9.17) is 21.6 Å². The van der Waals surface area contributed by atoms with Crippen molar-refractivity contribution in [2.45, 2.75) is 25.3 Å². The number of imidazole rings is 1. The van der Waals surface area contributed by atoms with Crippen LogP contribution >= 0.6 is 11.6 Å². The number of hydrogen-bond donors (Lipinski definition) is 0. The first kappa shape index (κ1) is 13.9. The molecule has 1 unspecified atom stereocenters. The molecular weight excluding hydrogens is 262 g/mol. The van der Waals surface area contributed by atoms with E-state index in [1.165, 1.54) is 0 Å². The molecule has 0 amide bonds. The van der Waals surface area contributed by atoms with Crippen LogP contribution < -0.4 is 0 Å². The minimum absolute atomic E-state index is 0.178. The normalized spacial score (nSPS) is 12.5. The molecule has 1 heterocycles. The van der Waals surface area contributed by atoms with Crippen LogP contribution in [0.5, 0.6) is 0 Å². The molecule has 2 aromatic rings. The van der Waals surface area contributed by atoms with E-state index in [-0.39, 0.29) is 6.04 Å². The maximum absolute atomic E-state index is 9.02. The summed E-state index contributed by atoms with van der Waals surface area (Å²) in [5.41, 5.74) is 2.44. The molecule has 0 saturated carbocycles. The van der Waals surface area contributed by atoms with Gasteiger partial charge in [0.1, 0.15) is 5.82 Å². The van der Waals surface area contributed by atoms with E-state index in [0.29, 0.717) is 18.1 Å². The fourth-order valence-electron chi connectivity index (χ4n) is 2.28. The molecule has 0 saturated heterocycles. The molecule has 1 aromatic carbocycles. The molecule has 1 aromatic heterocycles. The molecular formula is C14H16ClN3O. The van der Waals surface area contributed by atoms with Crippen molar-refractivity contribution < 1.29 is 4.74 Å². The first-order valence-electron chi connectivity index (χ1n) is 6.21. The molecule has 4 nitrogen and oxygen atoms in total.